The maximum atomic E-state index is 9.26. The molecular weight excluding hydrogens is 186 g/mol. The molecule has 0 amide bonds. The average Bonchev–Trinajstić information content (AvgIpc) is 2.51. The molecule has 4 N–H and O–H groups in total. The van der Waals surface area contributed by atoms with Crippen LogP contribution in [0.4, 0.5) is 10.8 Å². The molecule has 0 spiro atoms. The summed E-state index contributed by atoms with van der Waals surface area (Å²) in [4.78, 5) is 0. The Hall–Kier alpha value is -0.810. The first-order valence-electron chi connectivity index (χ1n) is 4.36. The first kappa shape index (κ1) is 10.3. The number of anilines is 2. The second kappa shape index (κ2) is 5.04. The summed E-state index contributed by atoms with van der Waals surface area (Å²) >= 11 is 1.34. The molecule has 0 bridgehead atoms. The Morgan fingerprint density at radius 1 is 1.77 bits per heavy atom. The van der Waals surface area contributed by atoms with Crippen molar-refractivity contribution in [3.63, 3.8) is 0 Å². The Balaban J connectivity index is 2.20. The molecule has 1 rings (SSSR count). The second-order valence-corrected chi connectivity index (χ2v) is 3.70. The van der Waals surface area contributed by atoms with Gasteiger partial charge in [-0.1, -0.05) is 6.92 Å². The molecule has 0 fully saturated rings. The Labute approximate surface area is 81.9 Å². The van der Waals surface area contributed by atoms with E-state index >= 15 is 0 Å². The lowest BCUT2D eigenvalue weighted by Gasteiger charge is -2.07. The van der Waals surface area contributed by atoms with Crippen LogP contribution in [0.3, 0.4) is 0 Å². The zero-order valence-corrected chi connectivity index (χ0v) is 8.47. The number of rotatable bonds is 5. The molecule has 0 aromatic carbocycles. The Morgan fingerprint density at radius 3 is 3.08 bits per heavy atom. The van der Waals surface area contributed by atoms with Crippen LogP contribution in [0.15, 0.2) is 6.07 Å². The zero-order chi connectivity index (χ0) is 9.68. The summed E-state index contributed by atoms with van der Waals surface area (Å²) < 4.78 is 3.93. The van der Waals surface area contributed by atoms with E-state index in [9.17, 15) is 5.11 Å². The van der Waals surface area contributed by atoms with E-state index in [0.29, 0.717) is 5.82 Å². The normalized spacial score (nSPS) is 12.8. The van der Waals surface area contributed by atoms with E-state index in [2.05, 4.69) is 9.69 Å². The first-order valence-corrected chi connectivity index (χ1v) is 5.14. The van der Waals surface area contributed by atoms with Crippen molar-refractivity contribution in [2.45, 2.75) is 25.9 Å². The van der Waals surface area contributed by atoms with Crippen LogP contribution in [0.5, 0.6) is 0 Å². The van der Waals surface area contributed by atoms with Crippen LogP contribution in [-0.4, -0.2) is 22.1 Å². The van der Waals surface area contributed by atoms with Gasteiger partial charge in [-0.2, -0.15) is 4.37 Å². The minimum Gasteiger partial charge on any atom is -0.393 e. The van der Waals surface area contributed by atoms with Gasteiger partial charge in [0.15, 0.2) is 0 Å². The standard InChI is InChI=1S/C8H15N3OS/c1-2-6(12)3-4-10-8-5-7(9)11-13-8/h5-6,10,12H,2-4H2,1H3,(H2,9,11). The van der Waals surface area contributed by atoms with Gasteiger partial charge in [0, 0.05) is 12.6 Å². The van der Waals surface area contributed by atoms with Gasteiger partial charge < -0.3 is 16.2 Å². The van der Waals surface area contributed by atoms with E-state index in [4.69, 9.17) is 5.73 Å². The number of aliphatic hydroxyl groups excluding tert-OH is 1. The third kappa shape index (κ3) is 3.61. The fraction of sp³-hybridized carbons (Fsp3) is 0.625. The lowest BCUT2D eigenvalue weighted by molar-refractivity contribution is 0.164. The molecule has 1 atom stereocenters. The first-order chi connectivity index (χ1) is 6.22. The van der Waals surface area contributed by atoms with Gasteiger partial charge in [0.25, 0.3) is 0 Å². The summed E-state index contributed by atoms with van der Waals surface area (Å²) in [6.45, 7) is 2.73. The molecule has 1 unspecified atom stereocenters. The molecule has 1 aromatic heterocycles. The number of nitrogens with two attached hydrogens (primary N) is 1. The van der Waals surface area contributed by atoms with Crippen LogP contribution >= 0.6 is 11.5 Å². The molecule has 5 heteroatoms. The smallest absolute Gasteiger partial charge is 0.139 e. The van der Waals surface area contributed by atoms with Crippen LogP contribution in [0.25, 0.3) is 0 Å². The highest BCUT2D eigenvalue weighted by Crippen LogP contribution is 2.17. The van der Waals surface area contributed by atoms with Crippen molar-refractivity contribution in [2.24, 2.45) is 0 Å². The summed E-state index contributed by atoms with van der Waals surface area (Å²) in [6, 6.07) is 1.79. The van der Waals surface area contributed by atoms with Crippen LogP contribution in [0, 0.1) is 0 Å². The van der Waals surface area contributed by atoms with Crippen molar-refractivity contribution in [3.8, 4) is 0 Å². The maximum Gasteiger partial charge on any atom is 0.139 e. The highest BCUT2D eigenvalue weighted by molar-refractivity contribution is 7.10. The molecule has 1 heterocycles. The number of aliphatic hydroxyl groups is 1. The molecule has 13 heavy (non-hydrogen) atoms. The molecule has 0 aliphatic carbocycles. The third-order valence-corrected chi connectivity index (χ3v) is 2.54. The third-order valence-electron chi connectivity index (χ3n) is 1.78. The average molecular weight is 201 g/mol. The fourth-order valence-electron chi connectivity index (χ4n) is 0.938. The molecule has 0 radical (unpaired) electrons. The largest absolute Gasteiger partial charge is 0.393 e. The minimum atomic E-state index is -0.210. The highest BCUT2D eigenvalue weighted by Gasteiger charge is 2.01. The van der Waals surface area contributed by atoms with Gasteiger partial charge in [-0.3, -0.25) is 0 Å². The van der Waals surface area contributed by atoms with Crippen LogP contribution in [0.1, 0.15) is 19.8 Å². The summed E-state index contributed by atoms with van der Waals surface area (Å²) in [6.07, 6.45) is 1.35. The van der Waals surface area contributed by atoms with Crippen molar-refractivity contribution < 1.29 is 5.11 Å². The van der Waals surface area contributed by atoms with E-state index in [-0.39, 0.29) is 6.10 Å². The fourth-order valence-corrected chi connectivity index (χ4v) is 1.53. The molecule has 0 aliphatic rings. The van der Waals surface area contributed by atoms with Crippen molar-refractivity contribution in [1.29, 1.82) is 0 Å². The van der Waals surface area contributed by atoms with Gasteiger partial charge in [0.1, 0.15) is 10.8 Å². The van der Waals surface area contributed by atoms with Gasteiger partial charge >= 0.3 is 0 Å². The lowest BCUT2D eigenvalue weighted by Crippen LogP contribution is -2.11. The van der Waals surface area contributed by atoms with Crippen LogP contribution < -0.4 is 11.1 Å². The van der Waals surface area contributed by atoms with E-state index in [1.165, 1.54) is 11.5 Å². The van der Waals surface area contributed by atoms with Gasteiger partial charge in [-0.15, -0.1) is 0 Å². The van der Waals surface area contributed by atoms with E-state index in [1.807, 2.05) is 6.92 Å². The number of nitrogens with zero attached hydrogens (tertiary/aromatic N) is 1. The van der Waals surface area contributed by atoms with Crippen molar-refractivity contribution >= 4 is 22.4 Å². The van der Waals surface area contributed by atoms with E-state index in [1.54, 1.807) is 6.07 Å². The summed E-state index contributed by atoms with van der Waals surface area (Å²) in [5.74, 6) is 0.545. The Bertz CT molecular complexity index is 251. The second-order valence-electron chi connectivity index (χ2n) is 2.89. The molecule has 74 valence electrons. The maximum absolute atomic E-state index is 9.26. The van der Waals surface area contributed by atoms with Crippen LogP contribution in [-0.2, 0) is 0 Å². The quantitative estimate of drug-likeness (QED) is 0.671. The van der Waals surface area contributed by atoms with E-state index in [0.717, 1.165) is 24.4 Å². The number of nitrogens with one attached hydrogen (secondary N) is 1. The van der Waals surface area contributed by atoms with Crippen molar-refractivity contribution in [1.82, 2.24) is 4.37 Å². The molecule has 1 aromatic rings. The topological polar surface area (TPSA) is 71.2 Å². The summed E-state index contributed by atoms with van der Waals surface area (Å²) in [5, 5.41) is 13.4. The minimum absolute atomic E-state index is 0.210. The lowest BCUT2D eigenvalue weighted by atomic mass is 10.2. The van der Waals surface area contributed by atoms with E-state index < -0.39 is 0 Å². The van der Waals surface area contributed by atoms with Crippen molar-refractivity contribution in [3.05, 3.63) is 6.07 Å². The predicted molar refractivity (Wildman–Crippen MR) is 55.9 cm³/mol. The number of hydrogen-bond donors (Lipinski definition) is 3. The Kier molecular flexibility index (Phi) is 3.98. The SMILES string of the molecule is CCC(O)CCNc1cc(N)ns1. The molecule has 0 saturated heterocycles. The summed E-state index contributed by atoms with van der Waals surface area (Å²) in [5.41, 5.74) is 5.45. The zero-order valence-electron chi connectivity index (χ0n) is 7.66. The highest BCUT2D eigenvalue weighted by atomic mass is 32.1. The van der Waals surface area contributed by atoms with Gasteiger partial charge in [-0.05, 0) is 24.4 Å². The van der Waals surface area contributed by atoms with Gasteiger partial charge in [0.2, 0.25) is 0 Å². The van der Waals surface area contributed by atoms with Gasteiger partial charge in [0.05, 0.1) is 6.10 Å². The number of hydrogen-bond acceptors (Lipinski definition) is 5. The van der Waals surface area contributed by atoms with Gasteiger partial charge in [-0.25, -0.2) is 0 Å². The monoisotopic (exact) mass is 201 g/mol. The molecule has 4 nitrogen and oxygen atoms in total. The number of aromatic nitrogens is 1. The number of nitrogen functional groups attached to an aromatic ring is 1. The van der Waals surface area contributed by atoms with Crippen LogP contribution in [0.2, 0.25) is 0 Å². The molecular formula is C8H15N3OS. The Morgan fingerprint density at radius 2 is 2.54 bits per heavy atom. The molecule has 0 saturated carbocycles. The molecule has 0 aliphatic heterocycles. The summed E-state index contributed by atoms with van der Waals surface area (Å²) in [7, 11) is 0. The predicted octanol–water partition coefficient (Wildman–Crippen LogP) is 1.30. The van der Waals surface area contributed by atoms with Crippen molar-refractivity contribution in [2.75, 3.05) is 17.6 Å².